The second-order valence-electron chi connectivity index (χ2n) is 10.2. The molecule has 0 fully saturated rings. The molecule has 0 heterocycles. The maximum atomic E-state index is 12.2. The van der Waals surface area contributed by atoms with Crippen molar-refractivity contribution < 1.29 is 9.59 Å². The smallest absolute Gasteiger partial charge is 0.220 e. The minimum atomic E-state index is 0.125. The molecule has 0 aliphatic rings. The highest BCUT2D eigenvalue weighted by Gasteiger charge is 2.10. The lowest BCUT2D eigenvalue weighted by atomic mass is 10.1. The van der Waals surface area contributed by atoms with Crippen LogP contribution in [0.1, 0.15) is 162 Å². The summed E-state index contributed by atoms with van der Waals surface area (Å²) in [6.45, 7) is 9.19. The molecule has 0 rings (SSSR count). The maximum Gasteiger partial charge on any atom is 0.220 e. The molecule has 34 heavy (non-hydrogen) atoms. The van der Waals surface area contributed by atoms with Gasteiger partial charge in [-0.05, 0) is 32.1 Å². The van der Waals surface area contributed by atoms with Crippen LogP contribution in [0.25, 0.3) is 0 Å². The van der Waals surface area contributed by atoms with Gasteiger partial charge >= 0.3 is 0 Å². The lowest BCUT2D eigenvalue weighted by Gasteiger charge is -2.17. The molecule has 1 unspecified atom stereocenters. The first-order valence-corrected chi connectivity index (χ1v) is 15.0. The van der Waals surface area contributed by atoms with Gasteiger partial charge in [-0.3, -0.25) is 9.59 Å². The van der Waals surface area contributed by atoms with Crippen LogP contribution < -0.4 is 10.6 Å². The Bertz CT molecular complexity index is 453. The Morgan fingerprint density at radius 1 is 0.588 bits per heavy atom. The van der Waals surface area contributed by atoms with Crippen LogP contribution in [0.4, 0.5) is 0 Å². The fourth-order valence-corrected chi connectivity index (χ4v) is 4.45. The highest BCUT2D eigenvalue weighted by atomic mass is 16.2. The van der Waals surface area contributed by atoms with Gasteiger partial charge in [0.15, 0.2) is 0 Å². The van der Waals surface area contributed by atoms with E-state index in [0.717, 1.165) is 38.5 Å². The molecule has 1 atom stereocenters. The third-order valence-corrected chi connectivity index (χ3v) is 6.78. The zero-order valence-electron chi connectivity index (χ0n) is 23.1. The van der Waals surface area contributed by atoms with Gasteiger partial charge < -0.3 is 10.6 Å². The van der Waals surface area contributed by atoms with Gasteiger partial charge in [-0.1, -0.05) is 124 Å². The van der Waals surface area contributed by atoms with Gasteiger partial charge in [0, 0.05) is 25.4 Å². The zero-order valence-corrected chi connectivity index (χ0v) is 23.1. The molecule has 0 spiro atoms. The number of hydrogen-bond donors (Lipinski definition) is 2. The number of carbonyl (C=O) groups is 2. The molecule has 0 saturated carbocycles. The topological polar surface area (TPSA) is 58.2 Å². The number of amides is 2. The largest absolute Gasteiger partial charge is 0.356 e. The fraction of sp³-hybridized carbons (Fsp3) is 0.900. The highest BCUT2D eigenvalue weighted by molar-refractivity contribution is 5.76. The molecule has 0 saturated heterocycles. The van der Waals surface area contributed by atoms with Gasteiger partial charge in [-0.25, -0.2) is 0 Å². The summed E-state index contributed by atoms with van der Waals surface area (Å²) in [6.07, 6.45) is 26.6. The molecule has 1 radical (unpaired) electrons. The van der Waals surface area contributed by atoms with Crippen LogP contribution in [-0.4, -0.2) is 24.4 Å². The molecule has 4 nitrogen and oxygen atoms in total. The van der Waals surface area contributed by atoms with Crippen LogP contribution in [0.5, 0.6) is 0 Å². The minimum absolute atomic E-state index is 0.125. The average molecular weight is 480 g/mol. The lowest BCUT2D eigenvalue weighted by molar-refractivity contribution is -0.122. The summed E-state index contributed by atoms with van der Waals surface area (Å²) in [4.78, 5) is 24.2. The first kappa shape index (κ1) is 32.9. The van der Waals surface area contributed by atoms with Crippen LogP contribution in [0.2, 0.25) is 0 Å². The second-order valence-corrected chi connectivity index (χ2v) is 10.2. The van der Waals surface area contributed by atoms with Gasteiger partial charge in [0.05, 0.1) is 0 Å². The molecule has 2 amide bonds. The third-order valence-electron chi connectivity index (χ3n) is 6.78. The van der Waals surface area contributed by atoms with E-state index < -0.39 is 0 Å². The molecule has 0 bridgehead atoms. The quantitative estimate of drug-likeness (QED) is 0.122. The number of hydrogen-bond acceptors (Lipinski definition) is 2. The Morgan fingerprint density at radius 2 is 1.00 bits per heavy atom. The van der Waals surface area contributed by atoms with E-state index in [4.69, 9.17) is 0 Å². The molecule has 0 aliphatic carbocycles. The monoisotopic (exact) mass is 479 g/mol. The fourth-order valence-electron chi connectivity index (χ4n) is 4.45. The van der Waals surface area contributed by atoms with Gasteiger partial charge in [0.2, 0.25) is 11.8 Å². The summed E-state index contributed by atoms with van der Waals surface area (Å²) >= 11 is 0. The van der Waals surface area contributed by atoms with Crippen molar-refractivity contribution in [2.45, 2.75) is 168 Å². The molecule has 0 aromatic rings. The van der Waals surface area contributed by atoms with Gasteiger partial charge in [-0.2, -0.15) is 0 Å². The standard InChI is InChI=1S/C30H59N2O2/c1-4-7-9-11-13-15-17-19-21-25-29(33)31-27-23-24-28(6-3)32-30(34)26-22-20-18-16-14-12-10-8-5-2/h28H,3-27H2,1-2H3,(H,31,33)(H,32,34). The Morgan fingerprint density at radius 3 is 1.44 bits per heavy atom. The number of nitrogens with one attached hydrogen (secondary N) is 2. The summed E-state index contributed by atoms with van der Waals surface area (Å²) in [7, 11) is 0. The molecular formula is C30H59N2O2. The summed E-state index contributed by atoms with van der Waals surface area (Å²) < 4.78 is 0. The van der Waals surface area contributed by atoms with Crippen LogP contribution in [-0.2, 0) is 9.59 Å². The van der Waals surface area contributed by atoms with Crippen molar-refractivity contribution >= 4 is 11.8 Å². The van der Waals surface area contributed by atoms with Crippen molar-refractivity contribution in [2.75, 3.05) is 6.54 Å². The van der Waals surface area contributed by atoms with E-state index >= 15 is 0 Å². The average Bonchev–Trinajstić information content (AvgIpc) is 2.83. The van der Waals surface area contributed by atoms with E-state index in [1.165, 1.54) is 89.9 Å². The molecule has 0 aromatic carbocycles. The van der Waals surface area contributed by atoms with Crippen LogP contribution >= 0.6 is 0 Å². The van der Waals surface area contributed by atoms with Crippen molar-refractivity contribution in [3.05, 3.63) is 6.92 Å². The van der Waals surface area contributed by atoms with Gasteiger partial charge in [-0.15, -0.1) is 0 Å². The molecule has 201 valence electrons. The summed E-state index contributed by atoms with van der Waals surface area (Å²) in [5, 5.41) is 6.17. The van der Waals surface area contributed by atoms with E-state index in [9.17, 15) is 9.59 Å². The van der Waals surface area contributed by atoms with E-state index in [1.54, 1.807) is 0 Å². The van der Waals surface area contributed by atoms with Crippen molar-refractivity contribution in [1.82, 2.24) is 10.6 Å². The lowest BCUT2D eigenvalue weighted by Crippen LogP contribution is -2.35. The second kappa shape index (κ2) is 26.5. The number of carbonyl (C=O) groups excluding carboxylic acids is 2. The number of unbranched alkanes of at least 4 members (excludes halogenated alkanes) is 16. The Kier molecular flexibility index (Phi) is 25.7. The highest BCUT2D eigenvalue weighted by Crippen LogP contribution is 2.12. The Hall–Kier alpha value is -1.06. The number of rotatable bonds is 26. The predicted octanol–water partition coefficient (Wildman–Crippen LogP) is 8.43. The van der Waals surface area contributed by atoms with Crippen LogP contribution in [0.3, 0.4) is 0 Å². The van der Waals surface area contributed by atoms with Crippen molar-refractivity contribution in [3.8, 4) is 0 Å². The zero-order chi connectivity index (χ0) is 25.1. The van der Waals surface area contributed by atoms with Crippen molar-refractivity contribution in [2.24, 2.45) is 0 Å². The molecular weight excluding hydrogens is 420 g/mol. The summed E-state index contributed by atoms with van der Waals surface area (Å²) in [5.41, 5.74) is 0. The summed E-state index contributed by atoms with van der Waals surface area (Å²) in [5.74, 6) is 0.328. The molecule has 2 N–H and O–H groups in total. The van der Waals surface area contributed by atoms with Gasteiger partial charge in [0.1, 0.15) is 0 Å². The third kappa shape index (κ3) is 24.1. The van der Waals surface area contributed by atoms with E-state index in [-0.39, 0.29) is 17.9 Å². The normalized spacial score (nSPS) is 12.0. The minimum Gasteiger partial charge on any atom is -0.356 e. The maximum absolute atomic E-state index is 12.2. The molecule has 0 aliphatic heterocycles. The Labute approximate surface area is 213 Å². The van der Waals surface area contributed by atoms with E-state index in [0.29, 0.717) is 25.8 Å². The van der Waals surface area contributed by atoms with Crippen LogP contribution in [0, 0.1) is 6.92 Å². The molecule has 4 heteroatoms. The summed E-state index contributed by atoms with van der Waals surface area (Å²) in [6, 6.07) is 0.125. The van der Waals surface area contributed by atoms with E-state index in [1.807, 2.05) is 0 Å². The van der Waals surface area contributed by atoms with E-state index in [2.05, 4.69) is 31.4 Å². The first-order valence-electron chi connectivity index (χ1n) is 15.0. The van der Waals surface area contributed by atoms with Crippen LogP contribution in [0.15, 0.2) is 0 Å². The van der Waals surface area contributed by atoms with Crippen molar-refractivity contribution in [1.29, 1.82) is 0 Å². The Balaban J connectivity index is 3.56. The predicted molar refractivity (Wildman–Crippen MR) is 148 cm³/mol. The SMILES string of the molecule is [CH2]CC(CCCNC(=O)CCCCCCCCCCC)NC(=O)CCCCCCCCCCC. The van der Waals surface area contributed by atoms with Gasteiger partial charge in [0.25, 0.3) is 0 Å². The molecule has 0 aromatic heterocycles. The first-order chi connectivity index (χ1) is 16.6. The van der Waals surface area contributed by atoms with Crippen molar-refractivity contribution in [3.63, 3.8) is 0 Å².